The van der Waals surface area contributed by atoms with Crippen LogP contribution in [0.3, 0.4) is 0 Å². The summed E-state index contributed by atoms with van der Waals surface area (Å²) in [4.78, 5) is 0. The van der Waals surface area contributed by atoms with Crippen LogP contribution in [0.1, 0.15) is 0 Å². The highest BCUT2D eigenvalue weighted by molar-refractivity contribution is 9.10. The number of para-hydroxylation sites is 1. The Morgan fingerprint density at radius 3 is 2.70 bits per heavy atom. The topological polar surface area (TPSA) is 29.5 Å². The molecule has 10 heavy (non-hydrogen) atoms. The lowest BCUT2D eigenvalue weighted by Crippen LogP contribution is -1.99. The molecule has 52 valence electrons. The highest BCUT2D eigenvalue weighted by atomic mass is 79.9. The molecule has 0 aliphatic heterocycles. The molecule has 0 unspecified atom stereocenters. The van der Waals surface area contributed by atoms with Crippen molar-refractivity contribution in [2.24, 2.45) is 0 Å². The first kappa shape index (κ1) is 7.63. The van der Waals surface area contributed by atoms with Gasteiger partial charge >= 0.3 is 7.69 Å². The molecule has 2 nitrogen and oxygen atoms in total. The summed E-state index contributed by atoms with van der Waals surface area (Å²) in [7, 11) is -0.289. The first-order valence-corrected chi connectivity index (χ1v) is 3.62. The van der Waals surface area contributed by atoms with E-state index in [4.69, 9.17) is 9.68 Å². The van der Waals surface area contributed by atoms with Crippen LogP contribution in [-0.2, 0) is 0 Å². The Morgan fingerprint density at radius 1 is 1.40 bits per heavy atom. The van der Waals surface area contributed by atoms with Crippen molar-refractivity contribution < 1.29 is 9.68 Å². The second-order valence-corrected chi connectivity index (χ2v) is 2.56. The number of rotatable bonds is 2. The Kier molecular flexibility index (Phi) is 2.77. The Hall–Kier alpha value is -0.475. The maximum Gasteiger partial charge on any atom is 0.504 e. The van der Waals surface area contributed by atoms with E-state index in [0.717, 1.165) is 4.47 Å². The highest BCUT2D eigenvalue weighted by Crippen LogP contribution is 2.22. The summed E-state index contributed by atoms with van der Waals surface area (Å²) in [5.74, 6) is 0.657. The summed E-state index contributed by atoms with van der Waals surface area (Å²) >= 11 is 3.26. The lowest BCUT2D eigenvalue weighted by Gasteiger charge is -2.02. The smallest absolute Gasteiger partial charge is 0.504 e. The van der Waals surface area contributed by atoms with Gasteiger partial charge in [-0.2, -0.15) is 0 Å². The average molecular weight is 201 g/mol. The molecule has 0 amide bonds. The third kappa shape index (κ3) is 1.75. The highest BCUT2D eigenvalue weighted by Gasteiger charge is 1.96. The van der Waals surface area contributed by atoms with Gasteiger partial charge < -0.3 is 9.68 Å². The van der Waals surface area contributed by atoms with Gasteiger partial charge in [0.2, 0.25) is 0 Å². The lowest BCUT2D eigenvalue weighted by molar-refractivity contribution is 0.452. The fraction of sp³-hybridized carbons (Fsp3) is 0. The predicted octanol–water partition coefficient (Wildman–Crippen LogP) is 1.09. The minimum Gasteiger partial charge on any atom is -0.538 e. The van der Waals surface area contributed by atoms with Gasteiger partial charge in [0.25, 0.3) is 0 Å². The van der Waals surface area contributed by atoms with Crippen molar-refractivity contribution in [2.75, 3.05) is 0 Å². The van der Waals surface area contributed by atoms with Gasteiger partial charge in [0.15, 0.2) is 0 Å². The molecular weight excluding hydrogens is 195 g/mol. The Bertz CT molecular complexity index is 217. The summed E-state index contributed by atoms with van der Waals surface area (Å²) in [6.07, 6.45) is 0. The number of benzene rings is 1. The molecule has 0 bridgehead atoms. The van der Waals surface area contributed by atoms with Gasteiger partial charge in [0.05, 0.1) is 4.47 Å². The first-order valence-electron chi connectivity index (χ1n) is 2.83. The van der Waals surface area contributed by atoms with Crippen LogP contribution in [0.4, 0.5) is 0 Å². The van der Waals surface area contributed by atoms with Crippen LogP contribution in [-0.4, -0.2) is 12.7 Å². The molecule has 0 heterocycles. The van der Waals surface area contributed by atoms with E-state index in [2.05, 4.69) is 15.9 Å². The Labute approximate surface area is 68.3 Å². The fourth-order valence-corrected chi connectivity index (χ4v) is 1.03. The molecule has 0 aliphatic carbocycles. The van der Waals surface area contributed by atoms with Crippen molar-refractivity contribution in [3.05, 3.63) is 28.7 Å². The van der Waals surface area contributed by atoms with E-state index < -0.39 is 0 Å². The molecule has 4 heteroatoms. The van der Waals surface area contributed by atoms with Gasteiger partial charge in [0, 0.05) is 0 Å². The summed E-state index contributed by atoms with van der Waals surface area (Å²) in [6.45, 7) is 0. The van der Waals surface area contributed by atoms with E-state index >= 15 is 0 Å². The van der Waals surface area contributed by atoms with Gasteiger partial charge in [-0.1, -0.05) is 12.1 Å². The molecule has 0 saturated heterocycles. The molecule has 0 radical (unpaired) electrons. The molecular formula is C6H6BBrO2. The fourth-order valence-electron chi connectivity index (χ4n) is 0.631. The standard InChI is InChI=1S/C6H6BBrO2/c8-5-3-1-2-4-6(5)10-7-9/h1-4,7,9H. The molecule has 1 N–H and O–H groups in total. The number of hydrogen-bond donors (Lipinski definition) is 1. The molecule has 0 saturated carbocycles. The lowest BCUT2D eigenvalue weighted by atomic mass is 10.3. The number of hydrogen-bond acceptors (Lipinski definition) is 2. The van der Waals surface area contributed by atoms with Crippen molar-refractivity contribution in [2.45, 2.75) is 0 Å². The summed E-state index contributed by atoms with van der Waals surface area (Å²) in [5, 5.41) is 8.40. The van der Waals surface area contributed by atoms with E-state index in [1.807, 2.05) is 18.2 Å². The normalized spacial score (nSPS) is 9.00. The molecule has 0 aromatic heterocycles. The van der Waals surface area contributed by atoms with E-state index in [1.165, 1.54) is 0 Å². The second-order valence-electron chi connectivity index (χ2n) is 1.70. The van der Waals surface area contributed by atoms with Crippen molar-refractivity contribution in [1.29, 1.82) is 0 Å². The summed E-state index contributed by atoms with van der Waals surface area (Å²) < 4.78 is 5.70. The Balaban J connectivity index is 2.81. The molecule has 0 fully saturated rings. The summed E-state index contributed by atoms with van der Waals surface area (Å²) in [5.41, 5.74) is 0. The van der Waals surface area contributed by atoms with Crippen LogP contribution in [0.5, 0.6) is 5.75 Å². The zero-order valence-electron chi connectivity index (χ0n) is 5.25. The van der Waals surface area contributed by atoms with Gasteiger partial charge in [-0.15, -0.1) is 0 Å². The molecule has 1 rings (SSSR count). The van der Waals surface area contributed by atoms with Crippen LogP contribution >= 0.6 is 15.9 Å². The SMILES string of the molecule is OBOc1ccccc1Br. The molecule has 1 aromatic carbocycles. The van der Waals surface area contributed by atoms with Crippen LogP contribution in [0.25, 0.3) is 0 Å². The Morgan fingerprint density at radius 2 is 2.10 bits per heavy atom. The van der Waals surface area contributed by atoms with Crippen molar-refractivity contribution in [3.63, 3.8) is 0 Å². The maximum atomic E-state index is 8.40. The van der Waals surface area contributed by atoms with Gasteiger partial charge in [-0.25, -0.2) is 0 Å². The first-order chi connectivity index (χ1) is 4.84. The molecule has 0 aliphatic rings. The van der Waals surface area contributed by atoms with E-state index in [9.17, 15) is 0 Å². The van der Waals surface area contributed by atoms with E-state index in [0.29, 0.717) is 5.75 Å². The zero-order valence-corrected chi connectivity index (χ0v) is 6.84. The second kappa shape index (κ2) is 3.63. The maximum absolute atomic E-state index is 8.40. The molecule has 0 atom stereocenters. The predicted molar refractivity (Wildman–Crippen MR) is 44.1 cm³/mol. The molecule has 0 spiro atoms. The van der Waals surface area contributed by atoms with Crippen LogP contribution in [0, 0.1) is 0 Å². The van der Waals surface area contributed by atoms with Crippen LogP contribution < -0.4 is 4.65 Å². The molecule has 1 aromatic rings. The van der Waals surface area contributed by atoms with Gasteiger partial charge in [0.1, 0.15) is 5.75 Å². The van der Waals surface area contributed by atoms with Crippen LogP contribution in [0.2, 0.25) is 0 Å². The van der Waals surface area contributed by atoms with Crippen LogP contribution in [0.15, 0.2) is 28.7 Å². The quantitative estimate of drug-likeness (QED) is 0.725. The monoisotopic (exact) mass is 200 g/mol. The van der Waals surface area contributed by atoms with Gasteiger partial charge in [-0.3, -0.25) is 0 Å². The summed E-state index contributed by atoms with van der Waals surface area (Å²) in [6, 6.07) is 7.36. The third-order valence-electron chi connectivity index (χ3n) is 1.06. The zero-order chi connectivity index (χ0) is 7.40. The van der Waals surface area contributed by atoms with Gasteiger partial charge in [-0.05, 0) is 28.1 Å². The third-order valence-corrected chi connectivity index (χ3v) is 1.71. The van der Waals surface area contributed by atoms with E-state index in [1.54, 1.807) is 6.07 Å². The average Bonchev–Trinajstić information content (AvgIpc) is 1.94. The van der Waals surface area contributed by atoms with E-state index in [-0.39, 0.29) is 7.69 Å². The van der Waals surface area contributed by atoms with Crippen molar-refractivity contribution in [3.8, 4) is 5.75 Å². The number of halogens is 1. The van der Waals surface area contributed by atoms with Crippen molar-refractivity contribution >= 4 is 23.6 Å². The minimum atomic E-state index is -0.289. The minimum absolute atomic E-state index is 0.289. The largest absolute Gasteiger partial charge is 0.538 e. The van der Waals surface area contributed by atoms with Crippen molar-refractivity contribution in [1.82, 2.24) is 0 Å².